The Morgan fingerprint density at radius 1 is 1.30 bits per heavy atom. The van der Waals surface area contributed by atoms with Gasteiger partial charge in [-0.1, -0.05) is 29.8 Å². The van der Waals surface area contributed by atoms with E-state index < -0.39 is 11.2 Å². The zero-order valence-corrected chi connectivity index (χ0v) is 11.7. The topological polar surface area (TPSA) is 18.5 Å². The predicted molar refractivity (Wildman–Crippen MR) is 72.0 cm³/mol. The summed E-state index contributed by atoms with van der Waals surface area (Å²) in [7, 11) is 0. The summed E-state index contributed by atoms with van der Waals surface area (Å²) in [5, 5.41) is -1.16. The Hall–Kier alpha value is -1.20. The maximum atomic E-state index is 12.1. The van der Waals surface area contributed by atoms with Crippen LogP contribution in [0.5, 0.6) is 5.75 Å². The number of benzene rings is 1. The molecule has 6 heteroatoms. The maximum Gasteiger partial charge on any atom is 0.426 e. The molecule has 1 atom stereocenters. The molecule has 0 fully saturated rings. The predicted octanol–water partition coefficient (Wildman–Crippen LogP) is 4.55. The Morgan fingerprint density at radius 3 is 2.55 bits per heavy atom. The van der Waals surface area contributed by atoms with E-state index in [0.29, 0.717) is 13.0 Å². The quantitative estimate of drug-likeness (QED) is 0.736. The van der Waals surface area contributed by atoms with Gasteiger partial charge in [-0.2, -0.15) is 13.2 Å². The van der Waals surface area contributed by atoms with E-state index in [1.54, 1.807) is 6.92 Å². The van der Waals surface area contributed by atoms with Crippen LogP contribution in [-0.2, 0) is 4.74 Å². The number of hydrogen-bond donors (Lipinski definition) is 0. The Bertz CT molecular complexity index is 418. The molecule has 0 heterocycles. The molecule has 0 bridgehead atoms. The van der Waals surface area contributed by atoms with Gasteiger partial charge in [-0.05, 0) is 25.1 Å². The summed E-state index contributed by atoms with van der Waals surface area (Å²) in [6, 6.07) is 9.27. The first kappa shape index (κ1) is 16.9. The molecule has 0 saturated carbocycles. The van der Waals surface area contributed by atoms with Crippen molar-refractivity contribution in [3.05, 3.63) is 41.4 Å². The van der Waals surface area contributed by atoms with Crippen LogP contribution in [0.2, 0.25) is 0 Å². The molecule has 112 valence electrons. The minimum Gasteiger partial charge on any atom is -0.493 e. The highest BCUT2D eigenvalue weighted by Crippen LogP contribution is 2.28. The van der Waals surface area contributed by atoms with Crippen molar-refractivity contribution < 1.29 is 22.6 Å². The lowest BCUT2D eigenvalue weighted by Gasteiger charge is -2.13. The van der Waals surface area contributed by atoms with E-state index in [0.717, 1.165) is 11.8 Å². The fraction of sp³-hybridized carbons (Fsp3) is 0.429. The maximum absolute atomic E-state index is 12.1. The van der Waals surface area contributed by atoms with Crippen molar-refractivity contribution in [1.82, 2.24) is 0 Å². The van der Waals surface area contributed by atoms with Crippen LogP contribution in [0.25, 0.3) is 0 Å². The fourth-order valence-electron chi connectivity index (χ4n) is 1.34. The molecular weight excluding hydrogens is 293 g/mol. The summed E-state index contributed by atoms with van der Waals surface area (Å²) in [5.74, 6) is 0.750. The van der Waals surface area contributed by atoms with E-state index in [2.05, 4.69) is 0 Å². The molecule has 0 aliphatic carbocycles. The van der Waals surface area contributed by atoms with Gasteiger partial charge < -0.3 is 9.47 Å². The third kappa shape index (κ3) is 6.82. The van der Waals surface area contributed by atoms with Crippen LogP contribution >= 0.6 is 11.6 Å². The molecule has 0 amide bonds. The molecule has 0 aliphatic rings. The first-order chi connectivity index (χ1) is 9.39. The van der Waals surface area contributed by atoms with E-state index in [9.17, 15) is 13.2 Å². The van der Waals surface area contributed by atoms with Gasteiger partial charge in [0, 0.05) is 6.42 Å². The van der Waals surface area contributed by atoms with Crippen molar-refractivity contribution in [2.75, 3.05) is 13.2 Å². The summed E-state index contributed by atoms with van der Waals surface area (Å²) < 4.78 is 46.9. The lowest BCUT2D eigenvalue weighted by atomic mass is 10.3. The molecule has 2 nitrogen and oxygen atoms in total. The van der Waals surface area contributed by atoms with Gasteiger partial charge >= 0.3 is 6.18 Å². The van der Waals surface area contributed by atoms with Gasteiger partial charge in [-0.25, -0.2) is 0 Å². The lowest BCUT2D eigenvalue weighted by molar-refractivity contribution is -0.0852. The number of hydrogen-bond acceptors (Lipinski definition) is 2. The summed E-state index contributed by atoms with van der Waals surface area (Å²) in [6.07, 6.45) is -3.33. The molecule has 0 radical (unpaired) electrons. The first-order valence-corrected chi connectivity index (χ1v) is 6.49. The second kappa shape index (κ2) is 8.17. The summed E-state index contributed by atoms with van der Waals surface area (Å²) in [5.41, 5.74) is 0. The second-order valence-electron chi connectivity index (χ2n) is 4.14. The van der Waals surface area contributed by atoms with Crippen LogP contribution in [0.3, 0.4) is 0 Å². The normalized spacial score (nSPS) is 14.2. The molecule has 1 aromatic rings. The van der Waals surface area contributed by atoms with Crippen molar-refractivity contribution in [3.63, 3.8) is 0 Å². The highest BCUT2D eigenvalue weighted by atomic mass is 35.5. The fourth-order valence-corrected chi connectivity index (χ4v) is 1.41. The molecular formula is C14H16ClF3O2. The molecule has 1 aromatic carbocycles. The Morgan fingerprint density at radius 2 is 1.95 bits per heavy atom. The monoisotopic (exact) mass is 308 g/mol. The van der Waals surface area contributed by atoms with Crippen LogP contribution in [0.1, 0.15) is 13.3 Å². The van der Waals surface area contributed by atoms with Crippen LogP contribution in [-0.4, -0.2) is 25.5 Å². The molecule has 1 unspecified atom stereocenters. The van der Waals surface area contributed by atoms with E-state index in [4.69, 9.17) is 21.1 Å². The average Bonchev–Trinajstić information content (AvgIpc) is 2.38. The van der Waals surface area contributed by atoms with Crippen LogP contribution in [0.15, 0.2) is 41.4 Å². The number of ether oxygens (including phenoxy) is 2. The van der Waals surface area contributed by atoms with Gasteiger partial charge in [-0.15, -0.1) is 0 Å². The van der Waals surface area contributed by atoms with E-state index >= 15 is 0 Å². The van der Waals surface area contributed by atoms with Gasteiger partial charge in [0.05, 0.1) is 19.3 Å². The molecule has 0 saturated heterocycles. The Labute approximate surface area is 121 Å². The van der Waals surface area contributed by atoms with Crippen molar-refractivity contribution in [3.8, 4) is 5.75 Å². The highest BCUT2D eigenvalue weighted by molar-refractivity contribution is 6.30. The van der Waals surface area contributed by atoms with Crippen LogP contribution in [0, 0.1) is 0 Å². The van der Waals surface area contributed by atoms with E-state index in [1.807, 2.05) is 30.3 Å². The smallest absolute Gasteiger partial charge is 0.426 e. The first-order valence-electron chi connectivity index (χ1n) is 6.12. The van der Waals surface area contributed by atoms with Crippen LogP contribution in [0.4, 0.5) is 13.2 Å². The molecule has 0 N–H and O–H groups in total. The largest absolute Gasteiger partial charge is 0.493 e. The van der Waals surface area contributed by atoms with Crippen molar-refractivity contribution in [2.45, 2.75) is 25.6 Å². The molecule has 20 heavy (non-hydrogen) atoms. The molecule has 0 aromatic heterocycles. The summed E-state index contributed by atoms with van der Waals surface area (Å²) in [4.78, 5) is 0. The zero-order valence-electron chi connectivity index (χ0n) is 11.0. The number of halogens is 4. The Balaban J connectivity index is 2.19. The van der Waals surface area contributed by atoms with Gasteiger partial charge in [-0.3, -0.25) is 0 Å². The van der Waals surface area contributed by atoms with Gasteiger partial charge in [0.2, 0.25) is 0 Å². The Kier molecular flexibility index (Phi) is 6.88. The summed E-state index contributed by atoms with van der Waals surface area (Å²) in [6.45, 7) is 2.02. The molecule has 0 spiro atoms. The molecule has 0 aliphatic heterocycles. The van der Waals surface area contributed by atoms with E-state index in [-0.39, 0.29) is 12.7 Å². The number of alkyl halides is 3. The third-order valence-corrected chi connectivity index (χ3v) is 2.82. The number of para-hydroxylation sites is 1. The SMILES string of the molecule is CC(CCOc1ccccc1)OCC=C(Cl)C(F)(F)F. The van der Waals surface area contributed by atoms with E-state index in [1.165, 1.54) is 0 Å². The lowest BCUT2D eigenvalue weighted by Crippen LogP contribution is -2.14. The van der Waals surface area contributed by atoms with Crippen molar-refractivity contribution in [1.29, 1.82) is 0 Å². The minimum absolute atomic E-state index is 0.176. The van der Waals surface area contributed by atoms with Gasteiger partial charge in [0.1, 0.15) is 10.8 Å². The second-order valence-corrected chi connectivity index (χ2v) is 4.55. The summed E-state index contributed by atoms with van der Waals surface area (Å²) >= 11 is 5.06. The van der Waals surface area contributed by atoms with Crippen molar-refractivity contribution in [2.24, 2.45) is 0 Å². The average molecular weight is 309 g/mol. The molecule has 1 rings (SSSR count). The van der Waals surface area contributed by atoms with Gasteiger partial charge in [0.25, 0.3) is 0 Å². The standard InChI is InChI=1S/C14H16ClF3O2/c1-11(19-10-8-13(15)14(16,17)18)7-9-20-12-5-3-2-4-6-12/h2-6,8,11H,7,9-10H2,1H3. The zero-order chi connectivity index (χ0) is 15.0. The number of allylic oxidation sites excluding steroid dienone is 1. The van der Waals surface area contributed by atoms with Gasteiger partial charge in [0.15, 0.2) is 0 Å². The van der Waals surface area contributed by atoms with Crippen molar-refractivity contribution >= 4 is 11.6 Å². The number of rotatable bonds is 7. The third-order valence-electron chi connectivity index (χ3n) is 2.45. The minimum atomic E-state index is -4.51. The van der Waals surface area contributed by atoms with Crippen LogP contribution < -0.4 is 4.74 Å². The highest BCUT2D eigenvalue weighted by Gasteiger charge is 2.31.